The molecule has 0 saturated carbocycles. The fourth-order valence-electron chi connectivity index (χ4n) is 5.01. The zero-order valence-electron chi connectivity index (χ0n) is 21.7. The van der Waals surface area contributed by atoms with Crippen LogP contribution < -0.4 is 5.32 Å². The molecular weight excluding hydrogens is 522 g/mol. The van der Waals surface area contributed by atoms with Crippen molar-refractivity contribution in [2.24, 2.45) is 5.92 Å². The van der Waals surface area contributed by atoms with Gasteiger partial charge < -0.3 is 5.32 Å². The molecule has 2 aliphatic carbocycles. The van der Waals surface area contributed by atoms with Gasteiger partial charge in [-0.3, -0.25) is 19.2 Å². The third-order valence-electron chi connectivity index (χ3n) is 6.96. The van der Waals surface area contributed by atoms with Crippen LogP contribution in [0.2, 0.25) is 0 Å². The smallest absolute Gasteiger partial charge is 0.196 e. The first-order valence-electron chi connectivity index (χ1n) is 12.9. The van der Waals surface area contributed by atoms with E-state index in [-0.39, 0.29) is 23.1 Å². The molecule has 0 unspecified atom stereocenters. The second-order valence-electron chi connectivity index (χ2n) is 10.0. The van der Waals surface area contributed by atoms with Gasteiger partial charge in [-0.1, -0.05) is 86.6 Å². The molecule has 0 bridgehead atoms. The average molecular weight is 546 g/mol. The van der Waals surface area contributed by atoms with Crippen LogP contribution in [0.1, 0.15) is 77.5 Å². The monoisotopic (exact) mass is 545 g/mol. The van der Waals surface area contributed by atoms with E-state index in [2.05, 4.69) is 27.9 Å². The normalized spacial score (nSPS) is 13.3. The molecule has 4 aromatic carbocycles. The van der Waals surface area contributed by atoms with Crippen LogP contribution in [0.25, 0.3) is 11.0 Å². The fraction of sp³-hybridized carbons (Fsp3) is 0.125. The van der Waals surface area contributed by atoms with Gasteiger partial charge in [0.1, 0.15) is 11.0 Å². The number of benzene rings is 4. The lowest BCUT2D eigenvalue weighted by Crippen LogP contribution is -2.22. The van der Waals surface area contributed by atoms with Gasteiger partial charge >= 0.3 is 0 Å². The SMILES string of the molecule is CC(C)CNc1cc2c(c3nsnc13)C(=O)c1ccccc1C2=O.O=C1c2ccccc2C(=O)c2ccccc21. The lowest BCUT2D eigenvalue weighted by atomic mass is 9.83. The molecule has 8 heteroatoms. The summed E-state index contributed by atoms with van der Waals surface area (Å²) in [5, 5.41) is 3.32. The molecule has 0 atom stereocenters. The highest BCUT2D eigenvalue weighted by Crippen LogP contribution is 2.35. The van der Waals surface area contributed by atoms with Crippen LogP contribution >= 0.6 is 11.7 Å². The van der Waals surface area contributed by atoms with Crippen LogP contribution in [0.4, 0.5) is 5.69 Å². The van der Waals surface area contributed by atoms with Crippen molar-refractivity contribution < 1.29 is 19.2 Å². The molecular formula is C32H23N3O4S. The average Bonchev–Trinajstić information content (AvgIpc) is 3.48. The van der Waals surface area contributed by atoms with E-state index in [0.717, 1.165) is 24.0 Å². The summed E-state index contributed by atoms with van der Waals surface area (Å²) >= 11 is 1.06. The molecule has 7 nitrogen and oxygen atoms in total. The minimum absolute atomic E-state index is 0.0641. The molecule has 1 heterocycles. The first-order valence-corrected chi connectivity index (χ1v) is 13.6. The second kappa shape index (κ2) is 10.1. The molecule has 0 fully saturated rings. The number of hydrogen-bond acceptors (Lipinski definition) is 8. The number of carbonyl (C=O) groups excluding carboxylic acids is 4. The molecule has 2 aliphatic rings. The van der Waals surface area contributed by atoms with Crippen molar-refractivity contribution in [2.45, 2.75) is 13.8 Å². The zero-order valence-corrected chi connectivity index (χ0v) is 22.5. The largest absolute Gasteiger partial charge is 0.383 e. The Hall–Kier alpha value is -4.82. The molecule has 1 N–H and O–H groups in total. The van der Waals surface area contributed by atoms with Crippen molar-refractivity contribution in [3.8, 4) is 0 Å². The second-order valence-corrected chi connectivity index (χ2v) is 10.6. The van der Waals surface area contributed by atoms with Crippen molar-refractivity contribution in [1.29, 1.82) is 0 Å². The number of rotatable bonds is 3. The summed E-state index contributed by atoms with van der Waals surface area (Å²) in [6, 6.07) is 22.6. The number of nitrogens with one attached hydrogen (secondary N) is 1. The Balaban J connectivity index is 0.000000157. The van der Waals surface area contributed by atoms with E-state index >= 15 is 0 Å². The van der Waals surface area contributed by atoms with E-state index in [9.17, 15) is 19.2 Å². The van der Waals surface area contributed by atoms with Crippen molar-refractivity contribution in [2.75, 3.05) is 11.9 Å². The first kappa shape index (κ1) is 25.5. The molecule has 0 saturated heterocycles. The third kappa shape index (κ3) is 4.13. The summed E-state index contributed by atoms with van der Waals surface area (Å²) in [6.45, 7) is 4.96. The maximum absolute atomic E-state index is 12.9. The minimum atomic E-state index is -0.159. The van der Waals surface area contributed by atoms with E-state index in [1.807, 2.05) is 0 Å². The fourth-order valence-corrected chi connectivity index (χ4v) is 5.57. The highest BCUT2D eigenvalue weighted by atomic mass is 32.1. The minimum Gasteiger partial charge on any atom is -0.383 e. The number of anilines is 1. The molecule has 0 spiro atoms. The van der Waals surface area contributed by atoms with E-state index < -0.39 is 0 Å². The van der Waals surface area contributed by atoms with Gasteiger partial charge in [-0.25, -0.2) is 0 Å². The van der Waals surface area contributed by atoms with Crippen molar-refractivity contribution >= 4 is 51.6 Å². The van der Waals surface area contributed by atoms with E-state index in [1.165, 1.54) is 0 Å². The zero-order chi connectivity index (χ0) is 28.0. The Morgan fingerprint density at radius 1 is 0.600 bits per heavy atom. The Morgan fingerprint density at radius 2 is 1.00 bits per heavy atom. The molecule has 0 radical (unpaired) electrons. The Morgan fingerprint density at radius 3 is 1.45 bits per heavy atom. The van der Waals surface area contributed by atoms with Crippen molar-refractivity contribution in [3.63, 3.8) is 0 Å². The molecule has 5 aromatic rings. The Labute approximate surface area is 234 Å². The van der Waals surface area contributed by atoms with Gasteiger partial charge in [0, 0.05) is 45.5 Å². The highest BCUT2D eigenvalue weighted by molar-refractivity contribution is 7.00. The van der Waals surface area contributed by atoms with Crippen LogP contribution in [0.5, 0.6) is 0 Å². The van der Waals surface area contributed by atoms with Crippen molar-refractivity contribution in [3.05, 3.63) is 123 Å². The first-order chi connectivity index (χ1) is 19.4. The standard InChI is InChI=1S/C18H15N3O2S.C14H8O2/c1-9(2)8-19-13-7-12-14(16-15(13)20-24-21-16)18(23)11-6-4-3-5-10(11)17(12)22;15-13-9-5-1-2-6-10(9)14(16)12-8-4-3-7-11(12)13/h3-7,9,19H,8H2,1-2H3;1-8H. The summed E-state index contributed by atoms with van der Waals surface area (Å²) in [6.07, 6.45) is 0. The summed E-state index contributed by atoms with van der Waals surface area (Å²) in [4.78, 5) is 50.0. The van der Waals surface area contributed by atoms with Crippen LogP contribution in [0.3, 0.4) is 0 Å². The summed E-state index contributed by atoms with van der Waals surface area (Å²) in [7, 11) is 0. The van der Waals surface area contributed by atoms with Gasteiger partial charge in [-0.05, 0) is 12.0 Å². The van der Waals surface area contributed by atoms with Gasteiger partial charge in [-0.2, -0.15) is 8.75 Å². The van der Waals surface area contributed by atoms with Gasteiger partial charge in [-0.15, -0.1) is 0 Å². The number of fused-ring (bicyclic) bond motifs is 6. The van der Waals surface area contributed by atoms with Crippen LogP contribution in [0, 0.1) is 5.92 Å². The van der Waals surface area contributed by atoms with E-state index in [0.29, 0.717) is 61.5 Å². The Kier molecular flexibility index (Phi) is 6.40. The van der Waals surface area contributed by atoms with Gasteiger partial charge in [0.15, 0.2) is 23.1 Å². The van der Waals surface area contributed by atoms with E-state index in [1.54, 1.807) is 78.9 Å². The predicted molar refractivity (Wildman–Crippen MR) is 154 cm³/mol. The predicted octanol–water partition coefficient (Wildman–Crippen LogP) is 6.00. The molecule has 7 rings (SSSR count). The lowest BCUT2D eigenvalue weighted by Gasteiger charge is -2.19. The third-order valence-corrected chi connectivity index (χ3v) is 7.49. The number of aromatic nitrogens is 2. The summed E-state index contributed by atoms with van der Waals surface area (Å²) in [5.41, 5.74) is 5.61. The highest BCUT2D eigenvalue weighted by Gasteiger charge is 2.33. The topological polar surface area (TPSA) is 106 Å². The van der Waals surface area contributed by atoms with Gasteiger partial charge in [0.05, 0.1) is 23.0 Å². The lowest BCUT2D eigenvalue weighted by molar-refractivity contribution is 0.0979. The van der Waals surface area contributed by atoms with Crippen molar-refractivity contribution in [1.82, 2.24) is 8.75 Å². The molecule has 0 amide bonds. The molecule has 196 valence electrons. The maximum atomic E-state index is 12.9. The van der Waals surface area contributed by atoms with Crippen LogP contribution in [0.15, 0.2) is 78.9 Å². The van der Waals surface area contributed by atoms with Gasteiger partial charge in [0.2, 0.25) is 0 Å². The quantitative estimate of drug-likeness (QED) is 0.290. The van der Waals surface area contributed by atoms with E-state index in [4.69, 9.17) is 0 Å². The maximum Gasteiger partial charge on any atom is 0.196 e. The number of nitrogens with zero attached hydrogens (tertiary/aromatic N) is 2. The van der Waals surface area contributed by atoms with Crippen LogP contribution in [-0.2, 0) is 0 Å². The molecule has 1 aromatic heterocycles. The summed E-state index contributed by atoms with van der Waals surface area (Å²) < 4.78 is 8.62. The number of hydrogen-bond donors (Lipinski definition) is 1. The number of ketones is 4. The molecule has 0 aliphatic heterocycles. The molecule has 40 heavy (non-hydrogen) atoms. The Bertz CT molecular complexity index is 1770. The summed E-state index contributed by atoms with van der Waals surface area (Å²) in [5.74, 6) is 0.0216. The van der Waals surface area contributed by atoms with Gasteiger partial charge in [0.25, 0.3) is 0 Å². The number of carbonyl (C=O) groups is 4. The van der Waals surface area contributed by atoms with Crippen LogP contribution in [-0.4, -0.2) is 38.4 Å².